The summed E-state index contributed by atoms with van der Waals surface area (Å²) in [6.07, 6.45) is 3.30. The molecule has 0 unspecified atom stereocenters. The quantitative estimate of drug-likeness (QED) is 0.464. The van der Waals surface area contributed by atoms with Crippen LogP contribution in [0, 0.1) is 11.8 Å². The number of carbonyl (C=O) groups is 2. The molecule has 2 aliphatic heterocycles. The Bertz CT molecular complexity index is 567. The number of amides is 1. The summed E-state index contributed by atoms with van der Waals surface area (Å²) in [5.74, 6) is -1.09. The van der Waals surface area contributed by atoms with Gasteiger partial charge in [-0.15, -0.1) is 0 Å². The summed E-state index contributed by atoms with van der Waals surface area (Å²) in [5.41, 5.74) is 1.20. The van der Waals surface area contributed by atoms with Crippen molar-refractivity contribution in [1.29, 1.82) is 0 Å². The number of fused-ring (bicyclic) bond motifs is 3. The molecule has 0 spiro atoms. The molecule has 2 fully saturated rings. The first-order chi connectivity index (χ1) is 11.0. The fourth-order valence-electron chi connectivity index (χ4n) is 4.27. The van der Waals surface area contributed by atoms with Crippen LogP contribution in [-0.4, -0.2) is 53.8 Å². The Morgan fingerprint density at radius 1 is 1.52 bits per heavy atom. The number of nitrogens with zero attached hydrogens (tertiary/aromatic N) is 1. The maximum absolute atomic E-state index is 12.5. The number of esters is 1. The van der Waals surface area contributed by atoms with E-state index in [0.29, 0.717) is 5.70 Å². The summed E-state index contributed by atoms with van der Waals surface area (Å²) in [6, 6.07) is -0.151. The van der Waals surface area contributed by atoms with E-state index in [-0.39, 0.29) is 30.6 Å². The molecule has 1 saturated heterocycles. The highest BCUT2D eigenvalue weighted by Crippen LogP contribution is 2.52. The molecule has 23 heavy (non-hydrogen) atoms. The van der Waals surface area contributed by atoms with Gasteiger partial charge in [0.1, 0.15) is 12.3 Å². The van der Waals surface area contributed by atoms with Gasteiger partial charge in [0, 0.05) is 13.0 Å². The third-order valence-electron chi connectivity index (χ3n) is 5.17. The van der Waals surface area contributed by atoms with E-state index < -0.39 is 18.0 Å². The van der Waals surface area contributed by atoms with Crippen LogP contribution in [0.4, 0.5) is 0 Å². The molecule has 6 heteroatoms. The number of carbonyl (C=O) groups excluding carboxylic acids is 2. The molecular formula is C17H23NO5. The topological polar surface area (TPSA) is 76.1 Å². The van der Waals surface area contributed by atoms with Crippen LogP contribution in [0.5, 0.6) is 0 Å². The number of aliphatic hydroxyl groups is 1. The van der Waals surface area contributed by atoms with Gasteiger partial charge in [-0.1, -0.05) is 12.7 Å². The Morgan fingerprint density at radius 2 is 2.26 bits per heavy atom. The molecule has 5 atom stereocenters. The molecule has 0 aromatic heterocycles. The minimum absolute atomic E-state index is 0.0669. The number of rotatable bonds is 5. The van der Waals surface area contributed by atoms with Crippen molar-refractivity contribution in [3.63, 3.8) is 0 Å². The highest BCUT2D eigenvalue weighted by molar-refractivity contribution is 6.01. The Balaban J connectivity index is 1.99. The van der Waals surface area contributed by atoms with Gasteiger partial charge < -0.3 is 19.5 Å². The van der Waals surface area contributed by atoms with Crippen LogP contribution in [0.3, 0.4) is 0 Å². The molecule has 126 valence electrons. The van der Waals surface area contributed by atoms with Crippen LogP contribution < -0.4 is 0 Å². The summed E-state index contributed by atoms with van der Waals surface area (Å²) < 4.78 is 10.7. The first-order valence-corrected chi connectivity index (χ1v) is 8.08. The van der Waals surface area contributed by atoms with Gasteiger partial charge in [0.2, 0.25) is 5.91 Å². The zero-order valence-corrected chi connectivity index (χ0v) is 13.5. The molecule has 0 aromatic rings. The molecule has 3 rings (SSSR count). The van der Waals surface area contributed by atoms with Crippen molar-refractivity contribution in [3.05, 3.63) is 23.9 Å². The minimum atomic E-state index is -0.725. The molecule has 1 N–H and O–H groups in total. The molecular weight excluding hydrogens is 298 g/mol. The van der Waals surface area contributed by atoms with Crippen LogP contribution in [0.15, 0.2) is 23.9 Å². The maximum Gasteiger partial charge on any atom is 0.355 e. The summed E-state index contributed by atoms with van der Waals surface area (Å²) in [7, 11) is 1.62. The van der Waals surface area contributed by atoms with Crippen molar-refractivity contribution in [2.75, 3.05) is 13.7 Å². The van der Waals surface area contributed by atoms with E-state index in [0.717, 1.165) is 24.8 Å². The lowest BCUT2D eigenvalue weighted by Crippen LogP contribution is -2.64. The van der Waals surface area contributed by atoms with Gasteiger partial charge in [-0.2, -0.15) is 0 Å². The van der Waals surface area contributed by atoms with Gasteiger partial charge in [0.15, 0.2) is 0 Å². The van der Waals surface area contributed by atoms with E-state index in [1.165, 1.54) is 11.0 Å². The lowest BCUT2D eigenvalue weighted by Gasteiger charge is -2.47. The number of ether oxygens (including phenoxy) is 2. The zero-order chi connectivity index (χ0) is 16.7. The van der Waals surface area contributed by atoms with Crippen molar-refractivity contribution in [2.24, 2.45) is 11.8 Å². The molecule has 0 bridgehead atoms. The van der Waals surface area contributed by atoms with Gasteiger partial charge in [0.05, 0.1) is 24.2 Å². The van der Waals surface area contributed by atoms with Crippen molar-refractivity contribution < 1.29 is 24.2 Å². The molecule has 1 aliphatic carbocycles. The van der Waals surface area contributed by atoms with E-state index in [2.05, 4.69) is 6.58 Å². The second kappa shape index (κ2) is 6.09. The molecule has 2 heterocycles. The van der Waals surface area contributed by atoms with Crippen LogP contribution in [0.25, 0.3) is 0 Å². The second-order valence-electron chi connectivity index (χ2n) is 6.42. The average molecular weight is 321 g/mol. The first kappa shape index (κ1) is 16.2. The Morgan fingerprint density at radius 3 is 2.87 bits per heavy atom. The standard InChI is InChI=1S/C17H23NO5/c1-4-8-23-17(21)15-13-10(6-5-7-11(13)22-3)14-12(9(2)19)16(20)18(14)15/h4,9-12,14,19H,1,5-8H2,2-3H3/t9-,10+,11+,12-,14-/m1/s1. The Labute approximate surface area is 135 Å². The summed E-state index contributed by atoms with van der Waals surface area (Å²) >= 11 is 0. The van der Waals surface area contributed by atoms with Gasteiger partial charge in [-0.25, -0.2) is 4.79 Å². The number of aliphatic hydroxyl groups excluding tert-OH is 1. The monoisotopic (exact) mass is 321 g/mol. The Kier molecular flexibility index (Phi) is 4.29. The van der Waals surface area contributed by atoms with Crippen molar-refractivity contribution in [2.45, 2.75) is 44.4 Å². The van der Waals surface area contributed by atoms with Gasteiger partial charge >= 0.3 is 5.97 Å². The molecule has 3 aliphatic rings. The molecule has 0 radical (unpaired) electrons. The lowest BCUT2D eigenvalue weighted by molar-refractivity contribution is -0.164. The SMILES string of the molecule is C=CCOC(=O)C1=C2[C@@H](OC)CCC[C@@H]2[C@@H]2[C@@H]([C@@H](C)O)C(=O)N12. The molecule has 1 saturated carbocycles. The third kappa shape index (κ3) is 2.32. The second-order valence-corrected chi connectivity index (χ2v) is 6.42. The van der Waals surface area contributed by atoms with Crippen LogP contribution in [0.1, 0.15) is 26.2 Å². The van der Waals surface area contributed by atoms with E-state index >= 15 is 0 Å². The van der Waals surface area contributed by atoms with Gasteiger partial charge in [-0.3, -0.25) is 4.79 Å². The van der Waals surface area contributed by atoms with Crippen molar-refractivity contribution in [3.8, 4) is 0 Å². The summed E-state index contributed by atoms with van der Waals surface area (Å²) in [4.78, 5) is 26.5. The lowest BCUT2D eigenvalue weighted by atomic mass is 9.72. The smallest absolute Gasteiger partial charge is 0.355 e. The number of methoxy groups -OCH3 is 1. The zero-order valence-electron chi connectivity index (χ0n) is 13.5. The maximum atomic E-state index is 12.5. The molecule has 1 amide bonds. The normalized spacial score (nSPS) is 33.7. The van der Waals surface area contributed by atoms with E-state index in [1.807, 2.05) is 0 Å². The fourth-order valence-corrected chi connectivity index (χ4v) is 4.27. The largest absolute Gasteiger partial charge is 0.457 e. The van der Waals surface area contributed by atoms with Crippen molar-refractivity contribution in [1.82, 2.24) is 4.90 Å². The number of β-lactam (4-membered cyclic amide) rings is 1. The predicted octanol–water partition coefficient (Wildman–Crippen LogP) is 1.01. The van der Waals surface area contributed by atoms with Crippen LogP contribution in [0.2, 0.25) is 0 Å². The van der Waals surface area contributed by atoms with Crippen LogP contribution in [-0.2, 0) is 19.1 Å². The number of hydrogen-bond donors (Lipinski definition) is 1. The Hall–Kier alpha value is -1.66. The van der Waals surface area contributed by atoms with Crippen LogP contribution >= 0.6 is 0 Å². The third-order valence-corrected chi connectivity index (χ3v) is 5.17. The predicted molar refractivity (Wildman–Crippen MR) is 82.1 cm³/mol. The van der Waals surface area contributed by atoms with Crippen molar-refractivity contribution >= 4 is 11.9 Å². The summed E-state index contributed by atoms with van der Waals surface area (Å²) in [6.45, 7) is 5.27. The van der Waals surface area contributed by atoms with Gasteiger partial charge in [0.25, 0.3) is 0 Å². The highest BCUT2D eigenvalue weighted by Gasteiger charge is 2.62. The van der Waals surface area contributed by atoms with E-state index in [9.17, 15) is 14.7 Å². The molecule has 0 aromatic carbocycles. The molecule has 6 nitrogen and oxygen atoms in total. The highest BCUT2D eigenvalue weighted by atomic mass is 16.5. The van der Waals surface area contributed by atoms with E-state index in [1.54, 1.807) is 14.0 Å². The van der Waals surface area contributed by atoms with Gasteiger partial charge in [-0.05, 0) is 31.8 Å². The fraction of sp³-hybridized carbons (Fsp3) is 0.647. The summed E-state index contributed by atoms with van der Waals surface area (Å²) in [5, 5.41) is 9.94. The minimum Gasteiger partial charge on any atom is -0.457 e. The first-order valence-electron chi connectivity index (χ1n) is 8.08. The number of hydrogen-bond acceptors (Lipinski definition) is 5. The van der Waals surface area contributed by atoms with E-state index in [4.69, 9.17) is 9.47 Å². The average Bonchev–Trinajstić information content (AvgIpc) is 2.82.